The van der Waals surface area contributed by atoms with Crippen molar-refractivity contribution in [1.82, 2.24) is 10.3 Å². The fraction of sp³-hybridized carbons (Fsp3) is 0.438. The van der Waals surface area contributed by atoms with E-state index >= 15 is 0 Å². The van der Waals surface area contributed by atoms with Gasteiger partial charge in [-0.05, 0) is 37.0 Å². The van der Waals surface area contributed by atoms with E-state index in [9.17, 15) is 9.90 Å². The molecule has 20 heavy (non-hydrogen) atoms. The summed E-state index contributed by atoms with van der Waals surface area (Å²) in [5.74, 6) is -0.410. The van der Waals surface area contributed by atoms with Crippen molar-refractivity contribution in [3.8, 4) is 0 Å². The van der Waals surface area contributed by atoms with Crippen LogP contribution in [0, 0.1) is 5.41 Å². The van der Waals surface area contributed by atoms with E-state index in [0.29, 0.717) is 19.0 Å². The van der Waals surface area contributed by atoms with Gasteiger partial charge in [0, 0.05) is 35.6 Å². The van der Waals surface area contributed by atoms with Gasteiger partial charge in [0.1, 0.15) is 0 Å². The highest BCUT2D eigenvalue weighted by Crippen LogP contribution is 2.45. The quantitative estimate of drug-likeness (QED) is 0.744. The number of carbonyl (C=O) groups is 1. The molecule has 3 N–H and O–H groups in total. The van der Waals surface area contributed by atoms with Crippen LogP contribution in [0.2, 0.25) is 0 Å². The zero-order valence-electron chi connectivity index (χ0n) is 11.4. The average Bonchev–Trinajstić information content (AvgIpc) is 2.84. The van der Waals surface area contributed by atoms with E-state index in [1.807, 2.05) is 6.92 Å². The maximum atomic E-state index is 11.5. The summed E-state index contributed by atoms with van der Waals surface area (Å²) in [5.41, 5.74) is 3.15. The Morgan fingerprint density at radius 2 is 2.30 bits per heavy atom. The molecular formula is C16H18N2O2. The van der Waals surface area contributed by atoms with Crippen LogP contribution >= 0.6 is 0 Å². The third-order valence-corrected chi connectivity index (χ3v) is 5.09. The molecule has 1 aromatic heterocycles. The van der Waals surface area contributed by atoms with E-state index in [1.165, 1.54) is 22.0 Å². The topological polar surface area (TPSA) is 65.1 Å². The van der Waals surface area contributed by atoms with Crippen LogP contribution in [0.5, 0.6) is 0 Å². The van der Waals surface area contributed by atoms with Gasteiger partial charge >= 0.3 is 5.97 Å². The number of aliphatic carboxylic acids is 1. The van der Waals surface area contributed by atoms with Crippen LogP contribution in [0.15, 0.2) is 24.4 Å². The standard InChI is InChI=1S/C16H18N2O2/c1-16(15(19)20)6-11-10-3-2-4-12-14(10)9(7-17-12)5-13(11)18-8-16/h2-4,7,11,13,17-18H,5-6,8H2,1H3,(H,19,20)/t11-,13-,16?/m1/s1. The molecule has 1 unspecified atom stereocenters. The van der Waals surface area contributed by atoms with Crippen molar-refractivity contribution in [3.05, 3.63) is 35.5 Å². The molecular weight excluding hydrogens is 252 g/mol. The number of piperidine rings is 1. The Hall–Kier alpha value is -1.81. The van der Waals surface area contributed by atoms with Crippen molar-refractivity contribution in [3.63, 3.8) is 0 Å². The summed E-state index contributed by atoms with van der Waals surface area (Å²) in [6.45, 7) is 2.41. The maximum absolute atomic E-state index is 11.5. The summed E-state index contributed by atoms with van der Waals surface area (Å²) in [5, 5.41) is 14.3. The second-order valence-electron chi connectivity index (χ2n) is 6.45. The molecule has 2 heterocycles. The Morgan fingerprint density at radius 1 is 1.45 bits per heavy atom. The van der Waals surface area contributed by atoms with Crippen molar-refractivity contribution < 1.29 is 9.90 Å². The first kappa shape index (κ1) is 12.0. The number of carboxylic acids is 1. The lowest BCUT2D eigenvalue weighted by Crippen LogP contribution is -2.53. The minimum Gasteiger partial charge on any atom is -0.481 e. The van der Waals surface area contributed by atoms with Gasteiger partial charge in [0.05, 0.1) is 5.41 Å². The summed E-state index contributed by atoms with van der Waals surface area (Å²) in [7, 11) is 0. The summed E-state index contributed by atoms with van der Waals surface area (Å²) in [4.78, 5) is 14.9. The van der Waals surface area contributed by atoms with Crippen molar-refractivity contribution in [2.45, 2.75) is 31.7 Å². The number of H-pyrrole nitrogens is 1. The van der Waals surface area contributed by atoms with Gasteiger partial charge in [0.25, 0.3) is 0 Å². The van der Waals surface area contributed by atoms with Gasteiger partial charge in [-0.15, -0.1) is 0 Å². The minimum absolute atomic E-state index is 0.289. The van der Waals surface area contributed by atoms with Crippen LogP contribution in [0.4, 0.5) is 0 Å². The third kappa shape index (κ3) is 1.48. The van der Waals surface area contributed by atoms with Crippen LogP contribution in [0.25, 0.3) is 10.9 Å². The largest absolute Gasteiger partial charge is 0.481 e. The number of hydrogen-bond acceptors (Lipinski definition) is 2. The lowest BCUT2D eigenvalue weighted by molar-refractivity contribution is -0.149. The maximum Gasteiger partial charge on any atom is 0.310 e. The predicted molar refractivity (Wildman–Crippen MR) is 76.9 cm³/mol. The Bertz CT molecular complexity index is 706. The predicted octanol–water partition coefficient (Wildman–Crippen LogP) is 2.26. The first-order chi connectivity index (χ1) is 9.58. The number of fused-ring (bicyclic) bond motifs is 2. The fourth-order valence-corrected chi connectivity index (χ4v) is 3.90. The molecule has 3 atom stereocenters. The summed E-state index contributed by atoms with van der Waals surface area (Å²) >= 11 is 0. The van der Waals surface area contributed by atoms with Gasteiger partial charge in [0.15, 0.2) is 0 Å². The van der Waals surface area contributed by atoms with E-state index < -0.39 is 11.4 Å². The van der Waals surface area contributed by atoms with Crippen molar-refractivity contribution >= 4 is 16.9 Å². The molecule has 1 aliphatic carbocycles. The van der Waals surface area contributed by atoms with Crippen molar-refractivity contribution in [1.29, 1.82) is 0 Å². The molecule has 0 amide bonds. The molecule has 1 aliphatic heterocycles. The highest BCUT2D eigenvalue weighted by molar-refractivity contribution is 5.88. The Labute approximate surface area is 117 Å². The molecule has 0 spiro atoms. The Morgan fingerprint density at radius 3 is 3.10 bits per heavy atom. The molecule has 1 aromatic carbocycles. The second-order valence-corrected chi connectivity index (χ2v) is 6.45. The van der Waals surface area contributed by atoms with E-state index in [-0.39, 0.29) is 5.92 Å². The van der Waals surface area contributed by atoms with Crippen LogP contribution in [0.3, 0.4) is 0 Å². The van der Waals surface area contributed by atoms with E-state index in [1.54, 1.807) is 0 Å². The molecule has 4 heteroatoms. The van der Waals surface area contributed by atoms with Gasteiger partial charge in [-0.25, -0.2) is 0 Å². The monoisotopic (exact) mass is 270 g/mol. The summed E-state index contributed by atoms with van der Waals surface area (Å²) in [6.07, 6.45) is 3.79. The molecule has 0 saturated carbocycles. The van der Waals surface area contributed by atoms with Gasteiger partial charge < -0.3 is 15.4 Å². The minimum atomic E-state index is -0.699. The number of aromatic nitrogens is 1. The summed E-state index contributed by atoms with van der Waals surface area (Å²) < 4.78 is 0. The lowest BCUT2D eigenvalue weighted by Gasteiger charge is -2.43. The van der Waals surface area contributed by atoms with E-state index in [0.717, 1.165) is 6.42 Å². The number of carboxylic acid groups (broad SMARTS) is 1. The number of hydrogen-bond donors (Lipinski definition) is 3. The molecule has 1 fully saturated rings. The summed E-state index contributed by atoms with van der Waals surface area (Å²) in [6, 6.07) is 6.67. The first-order valence-electron chi connectivity index (χ1n) is 7.14. The molecule has 0 bridgehead atoms. The van der Waals surface area contributed by atoms with Crippen molar-refractivity contribution in [2.75, 3.05) is 6.54 Å². The zero-order valence-corrected chi connectivity index (χ0v) is 11.4. The number of aromatic amines is 1. The third-order valence-electron chi connectivity index (χ3n) is 5.09. The molecule has 104 valence electrons. The van der Waals surface area contributed by atoms with Crippen LogP contribution < -0.4 is 5.32 Å². The van der Waals surface area contributed by atoms with Crippen LogP contribution in [-0.2, 0) is 11.2 Å². The van der Waals surface area contributed by atoms with Gasteiger partial charge in [-0.1, -0.05) is 12.1 Å². The smallest absolute Gasteiger partial charge is 0.310 e. The van der Waals surface area contributed by atoms with Gasteiger partial charge in [0.2, 0.25) is 0 Å². The normalized spacial score (nSPS) is 32.0. The zero-order chi connectivity index (χ0) is 13.9. The molecule has 2 aromatic rings. The van der Waals surface area contributed by atoms with Gasteiger partial charge in [-0.2, -0.15) is 0 Å². The number of rotatable bonds is 1. The number of benzene rings is 1. The number of nitrogens with one attached hydrogen (secondary N) is 2. The highest BCUT2D eigenvalue weighted by atomic mass is 16.4. The van der Waals surface area contributed by atoms with Crippen LogP contribution in [0.1, 0.15) is 30.4 Å². The lowest BCUT2D eigenvalue weighted by atomic mass is 9.68. The van der Waals surface area contributed by atoms with Crippen molar-refractivity contribution in [2.24, 2.45) is 5.41 Å². The molecule has 4 rings (SSSR count). The first-order valence-corrected chi connectivity index (χ1v) is 7.14. The molecule has 4 nitrogen and oxygen atoms in total. The Kier molecular flexibility index (Phi) is 2.31. The fourth-order valence-electron chi connectivity index (χ4n) is 3.90. The molecule has 2 aliphatic rings. The van der Waals surface area contributed by atoms with E-state index in [4.69, 9.17) is 0 Å². The SMILES string of the molecule is CC1(C(=O)O)CN[C@@H]2Cc3c[nH]c4cccc(c34)[C@H]2C1. The average molecular weight is 270 g/mol. The van der Waals surface area contributed by atoms with Crippen LogP contribution in [-0.4, -0.2) is 28.6 Å². The van der Waals surface area contributed by atoms with Gasteiger partial charge in [-0.3, -0.25) is 4.79 Å². The Balaban J connectivity index is 1.84. The van der Waals surface area contributed by atoms with E-state index in [2.05, 4.69) is 34.7 Å². The highest BCUT2D eigenvalue weighted by Gasteiger charge is 2.45. The second kappa shape index (κ2) is 3.85. The molecule has 0 radical (unpaired) electrons. The molecule has 1 saturated heterocycles.